The molecule has 1 unspecified atom stereocenters. The van der Waals surface area contributed by atoms with E-state index in [1.807, 2.05) is 32.0 Å². The van der Waals surface area contributed by atoms with E-state index in [4.69, 9.17) is 4.74 Å². The van der Waals surface area contributed by atoms with Crippen molar-refractivity contribution in [1.29, 1.82) is 0 Å². The number of rotatable bonds is 1. The minimum Gasteiger partial charge on any atom is -0.490 e. The largest absolute Gasteiger partial charge is 0.490 e. The molecule has 1 aromatic heterocycles. The molecule has 0 amide bonds. The van der Waals surface area contributed by atoms with E-state index < -0.39 is 0 Å². The average Bonchev–Trinajstić information content (AvgIpc) is 2.68. The van der Waals surface area contributed by atoms with Crippen molar-refractivity contribution in [2.24, 2.45) is 0 Å². The highest BCUT2D eigenvalue weighted by Gasteiger charge is 2.19. The van der Waals surface area contributed by atoms with E-state index in [9.17, 15) is 4.79 Å². The van der Waals surface area contributed by atoms with E-state index in [1.165, 1.54) is 12.3 Å². The third-order valence-corrected chi connectivity index (χ3v) is 3.16. The van der Waals surface area contributed by atoms with Crippen molar-refractivity contribution < 1.29 is 4.74 Å². The highest BCUT2D eigenvalue weighted by molar-refractivity contribution is 5.47. The molecule has 92 valence electrons. The number of hydrogen-bond acceptors (Lipinski definition) is 3. The van der Waals surface area contributed by atoms with Crippen LogP contribution in [0.2, 0.25) is 0 Å². The zero-order valence-corrected chi connectivity index (χ0v) is 10.4. The number of benzene rings is 1. The molecule has 0 fully saturated rings. The normalized spacial score (nSPS) is 17.3. The Balaban J connectivity index is 2.14. The Morgan fingerprint density at radius 1 is 1.39 bits per heavy atom. The van der Waals surface area contributed by atoms with Crippen molar-refractivity contribution in [2.45, 2.75) is 26.4 Å². The van der Waals surface area contributed by atoms with Crippen LogP contribution in [0, 0.1) is 6.92 Å². The molecule has 0 spiro atoms. The van der Waals surface area contributed by atoms with E-state index in [1.54, 1.807) is 4.57 Å². The number of hydrogen-bond donors (Lipinski definition) is 0. The van der Waals surface area contributed by atoms with Gasteiger partial charge in [0.15, 0.2) is 0 Å². The summed E-state index contributed by atoms with van der Waals surface area (Å²) in [6.07, 6.45) is 2.63. The summed E-state index contributed by atoms with van der Waals surface area (Å²) in [5.74, 6) is 1.61. The van der Waals surface area contributed by atoms with Crippen molar-refractivity contribution in [1.82, 2.24) is 9.55 Å². The van der Waals surface area contributed by atoms with Crippen molar-refractivity contribution in [3.05, 3.63) is 52.2 Å². The van der Waals surface area contributed by atoms with Gasteiger partial charge in [0.25, 0.3) is 5.56 Å². The van der Waals surface area contributed by atoms with Gasteiger partial charge in [0.1, 0.15) is 17.7 Å². The first-order valence-electron chi connectivity index (χ1n) is 6.00. The fraction of sp³-hybridized carbons (Fsp3) is 0.286. The molecule has 0 saturated carbocycles. The van der Waals surface area contributed by atoms with E-state index in [2.05, 4.69) is 4.98 Å². The first kappa shape index (κ1) is 11.0. The van der Waals surface area contributed by atoms with Gasteiger partial charge < -0.3 is 4.74 Å². The van der Waals surface area contributed by atoms with Gasteiger partial charge >= 0.3 is 0 Å². The summed E-state index contributed by atoms with van der Waals surface area (Å²) in [7, 11) is 0. The lowest BCUT2D eigenvalue weighted by atomic mass is 10.1. The Kier molecular flexibility index (Phi) is 2.44. The Hall–Kier alpha value is -2.10. The Morgan fingerprint density at radius 3 is 3.00 bits per heavy atom. The monoisotopic (exact) mass is 242 g/mol. The standard InChI is InChI=1S/C14H14N2O2/c1-9-7-11-8-12(3-4-13(11)18-9)16-10(2)15-6-5-14(16)17/h3-6,8-9H,7H2,1-2H3. The fourth-order valence-electron chi connectivity index (χ4n) is 2.36. The molecule has 4 heteroatoms. The van der Waals surface area contributed by atoms with Crippen LogP contribution in [0.1, 0.15) is 18.3 Å². The minimum absolute atomic E-state index is 0.0607. The van der Waals surface area contributed by atoms with Gasteiger partial charge in [0.2, 0.25) is 0 Å². The molecule has 2 heterocycles. The molecule has 0 radical (unpaired) electrons. The third-order valence-electron chi connectivity index (χ3n) is 3.16. The molecule has 1 aromatic carbocycles. The van der Waals surface area contributed by atoms with Gasteiger partial charge in [0.05, 0.1) is 5.69 Å². The van der Waals surface area contributed by atoms with Crippen LogP contribution in [-0.2, 0) is 6.42 Å². The highest BCUT2D eigenvalue weighted by atomic mass is 16.5. The Morgan fingerprint density at radius 2 is 2.22 bits per heavy atom. The predicted molar refractivity (Wildman–Crippen MR) is 68.4 cm³/mol. The maximum Gasteiger partial charge on any atom is 0.258 e. The summed E-state index contributed by atoms with van der Waals surface area (Å²) >= 11 is 0. The molecule has 0 saturated heterocycles. The van der Waals surface area contributed by atoms with E-state index in [0.717, 1.165) is 23.4 Å². The van der Waals surface area contributed by atoms with Gasteiger partial charge in [-0.2, -0.15) is 0 Å². The maximum absolute atomic E-state index is 11.9. The average molecular weight is 242 g/mol. The number of nitrogens with zero attached hydrogens (tertiary/aromatic N) is 2. The topological polar surface area (TPSA) is 44.1 Å². The van der Waals surface area contributed by atoms with Gasteiger partial charge in [-0.1, -0.05) is 0 Å². The Bertz CT molecular complexity index is 661. The zero-order chi connectivity index (χ0) is 12.7. The van der Waals surface area contributed by atoms with Crippen LogP contribution in [-0.4, -0.2) is 15.7 Å². The molecule has 0 aliphatic carbocycles. The summed E-state index contributed by atoms with van der Waals surface area (Å²) in [6, 6.07) is 7.30. The van der Waals surface area contributed by atoms with Gasteiger partial charge in [-0.3, -0.25) is 9.36 Å². The van der Waals surface area contributed by atoms with Gasteiger partial charge in [-0.25, -0.2) is 4.98 Å². The van der Waals surface area contributed by atoms with Crippen molar-refractivity contribution in [2.75, 3.05) is 0 Å². The molecule has 0 bridgehead atoms. The molecule has 1 atom stereocenters. The molecule has 3 rings (SSSR count). The van der Waals surface area contributed by atoms with E-state index in [-0.39, 0.29) is 11.7 Å². The van der Waals surface area contributed by atoms with Crippen LogP contribution in [0.3, 0.4) is 0 Å². The molecular formula is C14H14N2O2. The van der Waals surface area contributed by atoms with Gasteiger partial charge in [0, 0.05) is 18.7 Å². The van der Waals surface area contributed by atoms with Crippen LogP contribution in [0.25, 0.3) is 5.69 Å². The molecule has 1 aliphatic rings. The van der Waals surface area contributed by atoms with Crippen LogP contribution in [0.4, 0.5) is 0 Å². The number of aryl methyl sites for hydroxylation is 1. The van der Waals surface area contributed by atoms with Crippen molar-refractivity contribution in [3.8, 4) is 11.4 Å². The first-order valence-corrected chi connectivity index (χ1v) is 6.00. The lowest BCUT2D eigenvalue weighted by Crippen LogP contribution is -2.20. The van der Waals surface area contributed by atoms with E-state index in [0.29, 0.717) is 5.82 Å². The Labute approximate surface area is 105 Å². The second kappa shape index (κ2) is 3.98. The second-order valence-corrected chi connectivity index (χ2v) is 4.59. The fourth-order valence-corrected chi connectivity index (χ4v) is 2.36. The van der Waals surface area contributed by atoms with Crippen molar-refractivity contribution in [3.63, 3.8) is 0 Å². The summed E-state index contributed by atoms with van der Waals surface area (Å²) in [5.41, 5.74) is 1.94. The third kappa shape index (κ3) is 1.70. The number of ether oxygens (including phenoxy) is 1. The molecule has 18 heavy (non-hydrogen) atoms. The van der Waals surface area contributed by atoms with Crippen molar-refractivity contribution >= 4 is 0 Å². The summed E-state index contributed by atoms with van der Waals surface area (Å²) in [6.45, 7) is 3.87. The quantitative estimate of drug-likeness (QED) is 0.766. The number of aromatic nitrogens is 2. The van der Waals surface area contributed by atoms with Crippen LogP contribution >= 0.6 is 0 Å². The molecular weight excluding hydrogens is 228 g/mol. The zero-order valence-electron chi connectivity index (χ0n) is 10.4. The highest BCUT2D eigenvalue weighted by Crippen LogP contribution is 2.30. The number of fused-ring (bicyclic) bond motifs is 1. The van der Waals surface area contributed by atoms with Crippen LogP contribution in [0.5, 0.6) is 5.75 Å². The van der Waals surface area contributed by atoms with Gasteiger partial charge in [-0.05, 0) is 37.6 Å². The molecule has 2 aromatic rings. The molecule has 1 aliphatic heterocycles. The predicted octanol–water partition coefficient (Wildman–Crippen LogP) is 1.86. The summed E-state index contributed by atoms with van der Waals surface area (Å²) in [4.78, 5) is 16.1. The van der Waals surface area contributed by atoms with Crippen LogP contribution < -0.4 is 10.3 Å². The summed E-state index contributed by atoms with van der Waals surface area (Å²) in [5, 5.41) is 0. The SMILES string of the molecule is Cc1nccc(=O)n1-c1ccc2c(c1)CC(C)O2. The lowest BCUT2D eigenvalue weighted by Gasteiger charge is -2.09. The molecule has 0 N–H and O–H groups in total. The smallest absolute Gasteiger partial charge is 0.258 e. The summed E-state index contributed by atoms with van der Waals surface area (Å²) < 4.78 is 7.27. The van der Waals surface area contributed by atoms with E-state index >= 15 is 0 Å². The molecule has 4 nitrogen and oxygen atoms in total. The second-order valence-electron chi connectivity index (χ2n) is 4.59. The van der Waals surface area contributed by atoms with Crippen LogP contribution in [0.15, 0.2) is 35.3 Å². The first-order chi connectivity index (χ1) is 8.65. The lowest BCUT2D eigenvalue weighted by molar-refractivity contribution is 0.254. The van der Waals surface area contributed by atoms with Gasteiger partial charge in [-0.15, -0.1) is 0 Å². The minimum atomic E-state index is -0.0607. The maximum atomic E-state index is 11.9.